The lowest BCUT2D eigenvalue weighted by Gasteiger charge is -2.31. The summed E-state index contributed by atoms with van der Waals surface area (Å²) in [5, 5.41) is 0. The number of nitrogens with two attached hydrogens (primary N) is 1. The lowest BCUT2D eigenvalue weighted by Crippen LogP contribution is -2.40. The zero-order chi connectivity index (χ0) is 14.2. The Labute approximate surface area is 112 Å². The molecular formula is C14H19FN2O2. The Morgan fingerprint density at radius 2 is 2.11 bits per heavy atom. The van der Waals surface area contributed by atoms with Gasteiger partial charge >= 0.3 is 6.09 Å². The number of carbonyl (C=O) groups is 1. The van der Waals surface area contributed by atoms with Crippen molar-refractivity contribution in [1.29, 1.82) is 0 Å². The topological polar surface area (TPSA) is 55.6 Å². The van der Waals surface area contributed by atoms with Crippen LogP contribution in [0.5, 0.6) is 0 Å². The van der Waals surface area contributed by atoms with Crippen LogP contribution in [0.3, 0.4) is 0 Å². The number of ether oxygens (including phenoxy) is 1. The minimum absolute atomic E-state index is 0.196. The van der Waals surface area contributed by atoms with Gasteiger partial charge in [-0.1, -0.05) is 6.07 Å². The number of hydrogen-bond donors (Lipinski definition) is 1. The number of nitrogens with zero attached hydrogens (tertiary/aromatic N) is 1. The Kier molecular flexibility index (Phi) is 3.39. The van der Waals surface area contributed by atoms with E-state index in [1.165, 1.54) is 6.07 Å². The summed E-state index contributed by atoms with van der Waals surface area (Å²) in [4.78, 5) is 13.6. The average Bonchev–Trinajstić information content (AvgIpc) is 2.31. The van der Waals surface area contributed by atoms with E-state index in [2.05, 4.69) is 0 Å². The molecule has 0 atom stereocenters. The van der Waals surface area contributed by atoms with Gasteiger partial charge in [-0.3, -0.25) is 0 Å². The van der Waals surface area contributed by atoms with Crippen LogP contribution in [0.15, 0.2) is 12.1 Å². The van der Waals surface area contributed by atoms with Crippen molar-refractivity contribution in [3.8, 4) is 0 Å². The van der Waals surface area contributed by atoms with Crippen molar-refractivity contribution >= 4 is 11.8 Å². The molecule has 1 amide bonds. The van der Waals surface area contributed by atoms with Gasteiger partial charge in [-0.2, -0.15) is 0 Å². The molecule has 0 fully saturated rings. The molecule has 0 saturated carbocycles. The van der Waals surface area contributed by atoms with Gasteiger partial charge in [0.25, 0.3) is 0 Å². The van der Waals surface area contributed by atoms with Gasteiger partial charge in [0.05, 0.1) is 5.69 Å². The molecule has 4 nitrogen and oxygen atoms in total. The van der Waals surface area contributed by atoms with Crippen LogP contribution < -0.4 is 5.73 Å². The fourth-order valence-corrected chi connectivity index (χ4v) is 2.14. The molecule has 2 N–H and O–H groups in total. The van der Waals surface area contributed by atoms with Crippen molar-refractivity contribution in [2.75, 3.05) is 12.3 Å². The minimum atomic E-state index is -0.515. The van der Waals surface area contributed by atoms with E-state index in [9.17, 15) is 9.18 Å². The van der Waals surface area contributed by atoms with Crippen LogP contribution in [-0.2, 0) is 17.7 Å². The first-order chi connectivity index (χ1) is 8.78. The standard InChI is InChI=1S/C14H19FN2O2/c1-14(2,3)19-13(18)17-7-6-10-9(8-17)4-5-11(15)12(10)16/h4-5H,6-8,16H2,1-3H3. The molecule has 1 heterocycles. The van der Waals surface area contributed by atoms with E-state index in [1.54, 1.807) is 11.0 Å². The Morgan fingerprint density at radius 3 is 2.74 bits per heavy atom. The smallest absolute Gasteiger partial charge is 0.410 e. The lowest BCUT2D eigenvalue weighted by molar-refractivity contribution is 0.0224. The average molecular weight is 266 g/mol. The zero-order valence-electron chi connectivity index (χ0n) is 11.5. The summed E-state index contributed by atoms with van der Waals surface area (Å²) < 4.78 is 18.7. The predicted octanol–water partition coefficient (Wildman–Crippen LogP) is 2.70. The summed E-state index contributed by atoms with van der Waals surface area (Å²) in [6.45, 7) is 6.40. The molecule has 1 aliphatic rings. The van der Waals surface area contributed by atoms with Crippen LogP contribution in [0.4, 0.5) is 14.9 Å². The molecule has 5 heteroatoms. The third kappa shape index (κ3) is 2.97. The van der Waals surface area contributed by atoms with E-state index in [1.807, 2.05) is 20.8 Å². The quantitative estimate of drug-likeness (QED) is 0.734. The highest BCUT2D eigenvalue weighted by molar-refractivity contribution is 5.69. The maximum atomic E-state index is 13.4. The number of nitrogen functional groups attached to an aromatic ring is 1. The third-order valence-corrected chi connectivity index (χ3v) is 3.05. The molecule has 1 aromatic carbocycles. The highest BCUT2D eigenvalue weighted by Crippen LogP contribution is 2.27. The number of benzene rings is 1. The Bertz CT molecular complexity index is 509. The summed E-state index contributed by atoms with van der Waals surface area (Å²) in [5.41, 5.74) is 7.09. The van der Waals surface area contributed by atoms with Crippen LogP contribution in [0.25, 0.3) is 0 Å². The maximum absolute atomic E-state index is 13.4. The number of halogens is 1. The second kappa shape index (κ2) is 4.72. The van der Waals surface area contributed by atoms with Crippen molar-refractivity contribution < 1.29 is 13.9 Å². The SMILES string of the molecule is CC(C)(C)OC(=O)N1CCc2c(ccc(F)c2N)C1. The van der Waals surface area contributed by atoms with Crippen molar-refractivity contribution in [1.82, 2.24) is 4.90 Å². The normalized spacial score (nSPS) is 15.1. The summed E-state index contributed by atoms with van der Waals surface area (Å²) in [6.07, 6.45) is 0.207. The van der Waals surface area contributed by atoms with Gasteiger partial charge in [0, 0.05) is 13.1 Å². The van der Waals surface area contributed by atoms with E-state index in [-0.39, 0.29) is 11.8 Å². The minimum Gasteiger partial charge on any atom is -0.444 e. The van der Waals surface area contributed by atoms with Gasteiger partial charge in [-0.25, -0.2) is 9.18 Å². The molecule has 104 valence electrons. The number of fused-ring (bicyclic) bond motifs is 1. The molecule has 19 heavy (non-hydrogen) atoms. The highest BCUT2D eigenvalue weighted by Gasteiger charge is 2.26. The highest BCUT2D eigenvalue weighted by atomic mass is 19.1. The first-order valence-corrected chi connectivity index (χ1v) is 6.31. The Morgan fingerprint density at radius 1 is 1.42 bits per heavy atom. The second-order valence-electron chi connectivity index (χ2n) is 5.75. The number of rotatable bonds is 0. The van der Waals surface area contributed by atoms with Gasteiger partial charge in [0.1, 0.15) is 11.4 Å². The van der Waals surface area contributed by atoms with Crippen LogP contribution >= 0.6 is 0 Å². The number of anilines is 1. The van der Waals surface area contributed by atoms with E-state index in [0.29, 0.717) is 19.5 Å². The monoisotopic (exact) mass is 266 g/mol. The fraction of sp³-hybridized carbons (Fsp3) is 0.500. The van der Waals surface area contributed by atoms with Crippen LogP contribution in [0, 0.1) is 5.82 Å². The lowest BCUT2D eigenvalue weighted by atomic mass is 9.98. The Balaban J connectivity index is 2.15. The van der Waals surface area contributed by atoms with Crippen LogP contribution in [0.2, 0.25) is 0 Å². The van der Waals surface area contributed by atoms with E-state index in [4.69, 9.17) is 10.5 Å². The van der Waals surface area contributed by atoms with Crippen molar-refractivity contribution in [2.45, 2.75) is 39.3 Å². The van der Waals surface area contributed by atoms with Gasteiger partial charge in [-0.15, -0.1) is 0 Å². The summed E-state index contributed by atoms with van der Waals surface area (Å²) in [5.74, 6) is -0.399. The number of hydrogen-bond acceptors (Lipinski definition) is 3. The Hall–Kier alpha value is -1.78. The molecule has 0 unspecified atom stereocenters. The predicted molar refractivity (Wildman–Crippen MR) is 71.2 cm³/mol. The van der Waals surface area contributed by atoms with E-state index < -0.39 is 11.4 Å². The molecular weight excluding hydrogens is 247 g/mol. The molecule has 1 aliphatic heterocycles. The van der Waals surface area contributed by atoms with Crippen LogP contribution in [0.1, 0.15) is 31.9 Å². The van der Waals surface area contributed by atoms with Crippen molar-refractivity contribution in [3.05, 3.63) is 29.1 Å². The number of amides is 1. The molecule has 0 saturated heterocycles. The molecule has 0 aromatic heterocycles. The van der Waals surface area contributed by atoms with E-state index >= 15 is 0 Å². The molecule has 0 spiro atoms. The van der Waals surface area contributed by atoms with Crippen molar-refractivity contribution in [3.63, 3.8) is 0 Å². The summed E-state index contributed by atoms with van der Waals surface area (Å²) in [7, 11) is 0. The van der Waals surface area contributed by atoms with Crippen LogP contribution in [-0.4, -0.2) is 23.1 Å². The largest absolute Gasteiger partial charge is 0.444 e. The zero-order valence-corrected chi connectivity index (χ0v) is 11.5. The third-order valence-electron chi connectivity index (χ3n) is 3.05. The van der Waals surface area contributed by atoms with Gasteiger partial charge in [0.2, 0.25) is 0 Å². The molecule has 0 bridgehead atoms. The maximum Gasteiger partial charge on any atom is 0.410 e. The summed E-state index contributed by atoms with van der Waals surface area (Å²) in [6, 6.07) is 3.02. The molecule has 0 radical (unpaired) electrons. The molecule has 2 rings (SSSR count). The first-order valence-electron chi connectivity index (χ1n) is 6.31. The fourth-order valence-electron chi connectivity index (χ4n) is 2.14. The second-order valence-corrected chi connectivity index (χ2v) is 5.75. The van der Waals surface area contributed by atoms with Gasteiger partial charge in [-0.05, 0) is 44.4 Å². The molecule has 1 aromatic rings. The van der Waals surface area contributed by atoms with Gasteiger partial charge in [0.15, 0.2) is 0 Å². The van der Waals surface area contributed by atoms with Crippen molar-refractivity contribution in [2.24, 2.45) is 0 Å². The van der Waals surface area contributed by atoms with Gasteiger partial charge < -0.3 is 15.4 Å². The van der Waals surface area contributed by atoms with E-state index in [0.717, 1.165) is 11.1 Å². The molecule has 0 aliphatic carbocycles. The number of carbonyl (C=O) groups excluding carboxylic acids is 1. The summed E-state index contributed by atoms with van der Waals surface area (Å²) >= 11 is 0. The first kappa shape index (κ1) is 13.6.